The minimum Gasteiger partial charge on any atom is -0.425 e. The van der Waals surface area contributed by atoms with Gasteiger partial charge in [-0.1, -0.05) is 13.3 Å². The highest BCUT2D eigenvalue weighted by Gasteiger charge is 2.11. The van der Waals surface area contributed by atoms with Crippen LogP contribution >= 0.6 is 47.8 Å². The van der Waals surface area contributed by atoms with Crippen LogP contribution in [0.25, 0.3) is 0 Å². The summed E-state index contributed by atoms with van der Waals surface area (Å²) >= 11 is 10.1. The fraction of sp³-hybridized carbons (Fsp3) is 0.364. The Hall–Kier alpha value is 0.130. The Morgan fingerprint density at radius 3 is 2.56 bits per heavy atom. The van der Waals surface area contributed by atoms with Gasteiger partial charge in [-0.05, 0) is 66.3 Å². The molecule has 5 heteroatoms. The van der Waals surface area contributed by atoms with E-state index < -0.39 is 0 Å². The number of ether oxygens (including phenoxy) is 1. The van der Waals surface area contributed by atoms with E-state index in [9.17, 15) is 4.79 Å². The van der Waals surface area contributed by atoms with Gasteiger partial charge in [0.15, 0.2) is 0 Å². The Morgan fingerprint density at radius 2 is 1.94 bits per heavy atom. The molecule has 16 heavy (non-hydrogen) atoms. The van der Waals surface area contributed by atoms with Gasteiger partial charge < -0.3 is 4.74 Å². The summed E-state index contributed by atoms with van der Waals surface area (Å²) in [6.07, 6.45) is 2.30. The van der Waals surface area contributed by atoms with Gasteiger partial charge in [0.25, 0.3) is 0 Å². The number of unbranched alkanes of at least 4 members (excludes halogenated alkanes) is 1. The summed E-state index contributed by atoms with van der Waals surface area (Å²) in [4.78, 5) is 11.4. The molecule has 88 valence electrons. The van der Waals surface area contributed by atoms with Crippen LogP contribution in [0, 0.1) is 0 Å². The molecule has 2 nitrogen and oxygen atoms in total. The number of carbonyl (C=O) groups excluding carboxylic acids is 1. The average molecular weight is 415 g/mol. The first-order chi connectivity index (χ1) is 7.56. The molecule has 0 heterocycles. The number of esters is 1. The van der Waals surface area contributed by atoms with Gasteiger partial charge in [-0.25, -0.2) is 0 Å². The molecule has 0 aliphatic carbocycles. The summed E-state index contributed by atoms with van der Waals surface area (Å²) in [6, 6.07) is 3.58. The van der Waals surface area contributed by atoms with Gasteiger partial charge in [0.1, 0.15) is 5.75 Å². The lowest BCUT2D eigenvalue weighted by Crippen LogP contribution is -2.07. The molecular weight excluding hydrogens is 404 g/mol. The van der Waals surface area contributed by atoms with Crippen LogP contribution in [0.5, 0.6) is 5.75 Å². The molecule has 0 amide bonds. The monoisotopic (exact) mass is 412 g/mol. The zero-order chi connectivity index (χ0) is 12.1. The zero-order valence-electron chi connectivity index (χ0n) is 8.73. The molecule has 1 rings (SSSR count). The molecule has 0 bridgehead atoms. The van der Waals surface area contributed by atoms with Crippen molar-refractivity contribution >= 4 is 53.8 Å². The van der Waals surface area contributed by atoms with E-state index in [0.29, 0.717) is 12.2 Å². The lowest BCUT2D eigenvalue weighted by molar-refractivity contribution is -0.134. The maximum Gasteiger partial charge on any atom is 0.311 e. The quantitative estimate of drug-likeness (QED) is 0.390. The lowest BCUT2D eigenvalue weighted by Gasteiger charge is -2.08. The lowest BCUT2D eigenvalue weighted by atomic mass is 10.2. The summed E-state index contributed by atoms with van der Waals surface area (Å²) in [5, 5.41) is 0. The molecule has 0 aliphatic rings. The number of carbonyl (C=O) groups is 1. The fourth-order valence-corrected chi connectivity index (χ4v) is 2.43. The summed E-state index contributed by atoms with van der Waals surface area (Å²) in [7, 11) is 0. The van der Waals surface area contributed by atoms with Gasteiger partial charge in [0.05, 0.1) is 4.47 Å². The summed E-state index contributed by atoms with van der Waals surface area (Å²) < 4.78 is 7.74. The van der Waals surface area contributed by atoms with Crippen molar-refractivity contribution in [2.24, 2.45) is 0 Å². The minimum atomic E-state index is -0.197. The molecule has 0 saturated heterocycles. The number of rotatable bonds is 4. The van der Waals surface area contributed by atoms with Crippen LogP contribution < -0.4 is 4.74 Å². The van der Waals surface area contributed by atoms with Crippen molar-refractivity contribution in [2.75, 3.05) is 0 Å². The van der Waals surface area contributed by atoms with E-state index in [1.54, 1.807) is 6.07 Å². The highest BCUT2D eigenvalue weighted by Crippen LogP contribution is 2.37. The molecule has 0 fully saturated rings. The van der Waals surface area contributed by atoms with Gasteiger partial charge in [-0.3, -0.25) is 4.79 Å². The first-order valence-corrected chi connectivity index (χ1v) is 7.28. The fourth-order valence-electron chi connectivity index (χ4n) is 1.08. The molecule has 0 spiro atoms. The molecule has 0 unspecified atom stereocenters. The predicted octanol–water partition coefficient (Wildman–Crippen LogP) is 5.07. The van der Waals surface area contributed by atoms with Gasteiger partial charge in [-0.2, -0.15) is 0 Å². The largest absolute Gasteiger partial charge is 0.425 e. The number of halogens is 3. The maximum absolute atomic E-state index is 11.4. The Labute approximate surface area is 120 Å². The van der Waals surface area contributed by atoms with Crippen molar-refractivity contribution in [3.63, 3.8) is 0 Å². The van der Waals surface area contributed by atoms with Crippen LogP contribution in [-0.4, -0.2) is 5.97 Å². The minimum absolute atomic E-state index is 0.197. The van der Waals surface area contributed by atoms with E-state index in [4.69, 9.17) is 4.74 Å². The molecule has 0 atom stereocenters. The van der Waals surface area contributed by atoms with Crippen LogP contribution in [0.1, 0.15) is 26.2 Å². The molecule has 0 radical (unpaired) electrons. The summed E-state index contributed by atoms with van der Waals surface area (Å²) in [6.45, 7) is 2.04. The second kappa shape index (κ2) is 6.77. The Bertz CT molecular complexity index is 391. The number of hydrogen-bond acceptors (Lipinski definition) is 2. The molecule has 1 aromatic rings. The number of benzene rings is 1. The second-order valence-electron chi connectivity index (χ2n) is 3.25. The summed E-state index contributed by atoms with van der Waals surface area (Å²) in [5.41, 5.74) is 0. The van der Waals surface area contributed by atoms with Gasteiger partial charge >= 0.3 is 5.97 Å². The van der Waals surface area contributed by atoms with Gasteiger partial charge in [0.2, 0.25) is 0 Å². The van der Waals surface area contributed by atoms with Crippen LogP contribution in [-0.2, 0) is 4.79 Å². The molecule has 0 saturated carbocycles. The first-order valence-electron chi connectivity index (χ1n) is 4.90. The maximum atomic E-state index is 11.4. The van der Waals surface area contributed by atoms with Crippen LogP contribution in [0.4, 0.5) is 0 Å². The van der Waals surface area contributed by atoms with Gasteiger partial charge in [-0.15, -0.1) is 0 Å². The van der Waals surface area contributed by atoms with E-state index in [1.807, 2.05) is 13.0 Å². The van der Waals surface area contributed by atoms with Gasteiger partial charge in [0, 0.05) is 15.4 Å². The van der Waals surface area contributed by atoms with E-state index >= 15 is 0 Å². The number of hydrogen-bond donors (Lipinski definition) is 0. The van der Waals surface area contributed by atoms with Crippen LogP contribution in [0.2, 0.25) is 0 Å². The van der Waals surface area contributed by atoms with Crippen LogP contribution in [0.3, 0.4) is 0 Å². The molecule has 0 N–H and O–H groups in total. The predicted molar refractivity (Wildman–Crippen MR) is 74.7 cm³/mol. The highest BCUT2D eigenvalue weighted by atomic mass is 79.9. The van der Waals surface area contributed by atoms with Crippen molar-refractivity contribution in [3.05, 3.63) is 25.6 Å². The van der Waals surface area contributed by atoms with Crippen molar-refractivity contribution in [2.45, 2.75) is 26.2 Å². The van der Waals surface area contributed by atoms with Crippen molar-refractivity contribution < 1.29 is 9.53 Å². The standard InChI is InChI=1S/C11H11Br3O2/c1-2-3-4-9(15)16-8-6-5-7(12)10(13)11(8)14/h5-6H,2-4H2,1H3. The summed E-state index contributed by atoms with van der Waals surface area (Å²) in [5.74, 6) is 0.341. The molecule has 1 aromatic carbocycles. The van der Waals surface area contributed by atoms with E-state index in [-0.39, 0.29) is 5.97 Å². The third kappa shape index (κ3) is 3.86. The zero-order valence-corrected chi connectivity index (χ0v) is 13.5. The van der Waals surface area contributed by atoms with E-state index in [2.05, 4.69) is 47.8 Å². The molecule has 0 aliphatic heterocycles. The Morgan fingerprint density at radius 1 is 1.25 bits per heavy atom. The molecular formula is C11H11Br3O2. The van der Waals surface area contributed by atoms with Crippen molar-refractivity contribution in [3.8, 4) is 5.75 Å². The normalized spacial score (nSPS) is 10.2. The third-order valence-corrected chi connectivity index (χ3v) is 5.29. The smallest absolute Gasteiger partial charge is 0.311 e. The Balaban J connectivity index is 2.74. The topological polar surface area (TPSA) is 26.3 Å². The van der Waals surface area contributed by atoms with E-state index in [1.165, 1.54) is 0 Å². The first kappa shape index (κ1) is 14.2. The molecule has 0 aromatic heterocycles. The SMILES string of the molecule is CCCCC(=O)Oc1ccc(Br)c(Br)c1Br. The average Bonchev–Trinajstić information content (AvgIpc) is 2.27. The van der Waals surface area contributed by atoms with Crippen LogP contribution in [0.15, 0.2) is 25.6 Å². The van der Waals surface area contributed by atoms with Crippen molar-refractivity contribution in [1.82, 2.24) is 0 Å². The third-order valence-electron chi connectivity index (χ3n) is 1.96. The highest BCUT2D eigenvalue weighted by molar-refractivity contribution is 9.14. The Kier molecular flexibility index (Phi) is 6.00. The van der Waals surface area contributed by atoms with E-state index in [0.717, 1.165) is 26.3 Å². The van der Waals surface area contributed by atoms with Crippen molar-refractivity contribution in [1.29, 1.82) is 0 Å². The second-order valence-corrected chi connectivity index (χ2v) is 5.69.